The first-order valence-electron chi connectivity index (χ1n) is 21.4. The normalized spacial score (nSPS) is 11.8. The molecule has 298 valence electrons. The lowest BCUT2D eigenvalue weighted by molar-refractivity contribution is 0.669. The predicted octanol–water partition coefficient (Wildman–Crippen LogP) is 15.4. The summed E-state index contributed by atoms with van der Waals surface area (Å²) in [5.41, 5.74) is 13.4. The van der Waals surface area contributed by atoms with E-state index >= 15 is 0 Å². The summed E-state index contributed by atoms with van der Waals surface area (Å²) in [6.45, 7) is 0. The standard InChI is InChI=1S/C58H34N4O2/c1-4-13-37(14-5-1)54-46-30-32-50-53(52(46)45-19-10-11-22-48(45)59-54)47-33-40(28-31-49(47)63-50)35-23-25-36(26-24-35)42-20-12-21-44-43-29-27-41(34-51(43)64-55(42)44)58-61-56(38-15-6-2-7-16-38)60-57(62-58)39-17-8-3-9-18-39/h1-34H. The third kappa shape index (κ3) is 5.88. The Morgan fingerprint density at radius 1 is 0.281 bits per heavy atom. The molecule has 13 rings (SSSR count). The monoisotopic (exact) mass is 818 g/mol. The molecule has 6 nitrogen and oxygen atoms in total. The van der Waals surface area contributed by atoms with Crippen LogP contribution in [0.1, 0.15) is 0 Å². The lowest BCUT2D eigenvalue weighted by Crippen LogP contribution is -2.00. The Morgan fingerprint density at radius 2 is 0.859 bits per heavy atom. The molecule has 4 aromatic heterocycles. The van der Waals surface area contributed by atoms with Crippen LogP contribution in [0.3, 0.4) is 0 Å². The number of pyridine rings is 1. The van der Waals surface area contributed by atoms with Crippen molar-refractivity contribution < 1.29 is 8.83 Å². The summed E-state index contributed by atoms with van der Waals surface area (Å²) in [6.07, 6.45) is 0. The first-order chi connectivity index (χ1) is 31.7. The number of hydrogen-bond acceptors (Lipinski definition) is 6. The van der Waals surface area contributed by atoms with Gasteiger partial charge >= 0.3 is 0 Å². The van der Waals surface area contributed by atoms with Crippen molar-refractivity contribution in [1.29, 1.82) is 0 Å². The van der Waals surface area contributed by atoms with Gasteiger partial charge in [0.15, 0.2) is 17.5 Å². The molecule has 64 heavy (non-hydrogen) atoms. The molecule has 13 aromatic rings. The van der Waals surface area contributed by atoms with Crippen LogP contribution in [0.15, 0.2) is 215 Å². The highest BCUT2D eigenvalue weighted by Crippen LogP contribution is 2.43. The molecule has 0 atom stereocenters. The number of furan rings is 2. The van der Waals surface area contributed by atoms with Gasteiger partial charge in [0.1, 0.15) is 22.3 Å². The molecule has 0 bridgehead atoms. The van der Waals surface area contributed by atoms with Gasteiger partial charge in [0.05, 0.1) is 11.2 Å². The molecule has 0 saturated heterocycles. The van der Waals surface area contributed by atoms with Gasteiger partial charge in [0, 0.05) is 65.5 Å². The first kappa shape index (κ1) is 36.0. The van der Waals surface area contributed by atoms with E-state index in [9.17, 15) is 0 Å². The topological polar surface area (TPSA) is 77.8 Å². The lowest BCUT2D eigenvalue weighted by Gasteiger charge is -2.11. The summed E-state index contributed by atoms with van der Waals surface area (Å²) in [7, 11) is 0. The van der Waals surface area contributed by atoms with Crippen LogP contribution in [0.2, 0.25) is 0 Å². The van der Waals surface area contributed by atoms with Crippen LogP contribution in [-0.2, 0) is 0 Å². The molecule has 0 aliphatic carbocycles. The molecule has 0 aliphatic rings. The van der Waals surface area contributed by atoms with E-state index in [2.05, 4.69) is 133 Å². The van der Waals surface area contributed by atoms with E-state index in [1.54, 1.807) is 0 Å². The van der Waals surface area contributed by atoms with Crippen LogP contribution in [-0.4, -0.2) is 19.9 Å². The lowest BCUT2D eigenvalue weighted by atomic mass is 9.95. The van der Waals surface area contributed by atoms with Crippen molar-refractivity contribution in [3.8, 4) is 67.7 Å². The SMILES string of the molecule is c1ccc(-c2nc(-c3ccccc3)nc(-c3ccc4c(c3)oc3c(-c5ccc(-c6ccc7oc8ccc9c(-c%10ccccc%10)nc%10ccccc%10c9c8c7c6)cc5)cccc34)n2)cc1. The summed E-state index contributed by atoms with van der Waals surface area (Å²) in [5, 5.41) is 7.63. The van der Waals surface area contributed by atoms with Crippen LogP contribution in [0, 0.1) is 0 Å². The van der Waals surface area contributed by atoms with E-state index in [1.165, 1.54) is 0 Å². The van der Waals surface area contributed by atoms with Gasteiger partial charge < -0.3 is 8.83 Å². The molecule has 0 N–H and O–H groups in total. The Kier molecular flexibility index (Phi) is 8.11. The minimum atomic E-state index is 0.586. The Hall–Kier alpha value is -8.74. The molecule has 9 aromatic carbocycles. The van der Waals surface area contributed by atoms with Crippen molar-refractivity contribution in [2.75, 3.05) is 0 Å². The third-order valence-corrected chi connectivity index (χ3v) is 12.3. The maximum atomic E-state index is 6.74. The van der Waals surface area contributed by atoms with Crippen molar-refractivity contribution in [3.05, 3.63) is 206 Å². The van der Waals surface area contributed by atoms with E-state index in [4.69, 9.17) is 28.8 Å². The maximum absolute atomic E-state index is 6.74. The van der Waals surface area contributed by atoms with Gasteiger partial charge in [-0.25, -0.2) is 19.9 Å². The summed E-state index contributed by atoms with van der Waals surface area (Å²) in [6, 6.07) is 71.0. The molecule has 0 spiro atoms. The minimum absolute atomic E-state index is 0.586. The fraction of sp³-hybridized carbons (Fsp3) is 0. The predicted molar refractivity (Wildman–Crippen MR) is 260 cm³/mol. The smallest absolute Gasteiger partial charge is 0.164 e. The fourth-order valence-corrected chi connectivity index (χ4v) is 9.25. The van der Waals surface area contributed by atoms with Gasteiger partial charge in [-0.15, -0.1) is 0 Å². The van der Waals surface area contributed by atoms with Crippen molar-refractivity contribution in [2.45, 2.75) is 0 Å². The van der Waals surface area contributed by atoms with Crippen molar-refractivity contribution in [1.82, 2.24) is 19.9 Å². The molecule has 0 amide bonds. The number of para-hydroxylation sites is 2. The maximum Gasteiger partial charge on any atom is 0.164 e. The summed E-state index contributed by atoms with van der Waals surface area (Å²) >= 11 is 0. The van der Waals surface area contributed by atoms with Crippen molar-refractivity contribution in [2.24, 2.45) is 0 Å². The van der Waals surface area contributed by atoms with Crippen LogP contribution in [0.5, 0.6) is 0 Å². The highest BCUT2D eigenvalue weighted by atomic mass is 16.3. The van der Waals surface area contributed by atoms with Gasteiger partial charge in [0.2, 0.25) is 0 Å². The van der Waals surface area contributed by atoms with E-state index in [0.717, 1.165) is 116 Å². The van der Waals surface area contributed by atoms with Crippen LogP contribution < -0.4 is 0 Å². The first-order valence-corrected chi connectivity index (χ1v) is 21.4. The van der Waals surface area contributed by atoms with Crippen molar-refractivity contribution in [3.63, 3.8) is 0 Å². The quantitative estimate of drug-likeness (QED) is 0.156. The summed E-state index contributed by atoms with van der Waals surface area (Å²) in [4.78, 5) is 20.0. The molecule has 0 saturated carbocycles. The van der Waals surface area contributed by atoms with Gasteiger partial charge in [-0.2, -0.15) is 0 Å². The number of rotatable bonds is 6. The number of benzene rings is 9. The van der Waals surface area contributed by atoms with Crippen LogP contribution >= 0.6 is 0 Å². The van der Waals surface area contributed by atoms with E-state index < -0.39 is 0 Å². The molecule has 0 fully saturated rings. The van der Waals surface area contributed by atoms with Gasteiger partial charge in [-0.1, -0.05) is 164 Å². The van der Waals surface area contributed by atoms with Gasteiger partial charge in [-0.3, -0.25) is 0 Å². The number of hydrogen-bond donors (Lipinski definition) is 0. The van der Waals surface area contributed by atoms with E-state index in [1.807, 2.05) is 72.8 Å². The number of aromatic nitrogens is 4. The molecule has 4 heterocycles. The summed E-state index contributed by atoms with van der Waals surface area (Å²) < 4.78 is 13.3. The second-order valence-electron chi connectivity index (χ2n) is 16.1. The highest BCUT2D eigenvalue weighted by molar-refractivity contribution is 6.28. The van der Waals surface area contributed by atoms with Gasteiger partial charge in [-0.05, 0) is 59.2 Å². The number of fused-ring (bicyclic) bond motifs is 10. The third-order valence-electron chi connectivity index (χ3n) is 12.3. The van der Waals surface area contributed by atoms with Gasteiger partial charge in [0.25, 0.3) is 0 Å². The number of nitrogens with zero attached hydrogens (tertiary/aromatic N) is 4. The zero-order valence-corrected chi connectivity index (χ0v) is 34.2. The second-order valence-corrected chi connectivity index (χ2v) is 16.1. The second kappa shape index (κ2) is 14.4. The largest absolute Gasteiger partial charge is 0.456 e. The molecule has 0 radical (unpaired) electrons. The average molecular weight is 819 g/mol. The van der Waals surface area contributed by atoms with Crippen molar-refractivity contribution >= 4 is 65.6 Å². The van der Waals surface area contributed by atoms with E-state index in [-0.39, 0.29) is 0 Å². The molecule has 0 unspecified atom stereocenters. The zero-order chi connectivity index (χ0) is 42.1. The van der Waals surface area contributed by atoms with Crippen LogP contribution in [0.25, 0.3) is 133 Å². The summed E-state index contributed by atoms with van der Waals surface area (Å²) in [5.74, 6) is 1.83. The molecule has 6 heteroatoms. The minimum Gasteiger partial charge on any atom is -0.456 e. The molecule has 0 aliphatic heterocycles. The zero-order valence-electron chi connectivity index (χ0n) is 34.2. The van der Waals surface area contributed by atoms with E-state index in [0.29, 0.717) is 17.5 Å². The molecular formula is C58H34N4O2. The highest BCUT2D eigenvalue weighted by Gasteiger charge is 2.20. The average Bonchev–Trinajstić information content (AvgIpc) is 3.95. The van der Waals surface area contributed by atoms with Crippen LogP contribution in [0.4, 0.5) is 0 Å². The Labute approximate surface area is 366 Å². The Bertz CT molecular complexity index is 3880. The molecular weight excluding hydrogens is 785 g/mol. The Balaban J connectivity index is 0.889. The fourth-order valence-electron chi connectivity index (χ4n) is 9.25. The Morgan fingerprint density at radius 3 is 1.59 bits per heavy atom.